The molecule has 0 atom stereocenters. The lowest BCUT2D eigenvalue weighted by Gasteiger charge is -2.34. The maximum Gasteiger partial charge on any atom is 0.411 e. The molecular formula is C21H19F2N5O5S. The van der Waals surface area contributed by atoms with Crippen LogP contribution in [0.25, 0.3) is 10.2 Å². The Kier molecular flexibility index (Phi) is 6.82. The molecule has 4 rings (SSSR count). The van der Waals surface area contributed by atoms with Crippen LogP contribution in [0.3, 0.4) is 0 Å². The number of aromatic nitrogens is 1. The number of hydrogen-bond donors (Lipinski definition) is 1. The molecule has 2 heterocycles. The standard InChI is InChI=1S/C21H19F2N5O5S/c22-14-11-13(28(31)32)12-15(23)19(14)25-21(30)33-10-5-18(29)26-6-8-27(9-7-26)20-24-16-3-1-2-4-17(16)34-20/h1-4,11-12H,5-10H2,(H,25,30). The van der Waals surface area contributed by atoms with Crippen LogP contribution in [0.2, 0.25) is 0 Å². The van der Waals surface area contributed by atoms with Gasteiger partial charge in [0.05, 0.1) is 33.7 Å². The molecule has 10 nitrogen and oxygen atoms in total. The predicted molar refractivity (Wildman–Crippen MR) is 121 cm³/mol. The average molecular weight is 491 g/mol. The minimum atomic E-state index is -1.31. The fraction of sp³-hybridized carbons (Fsp3) is 0.286. The zero-order valence-electron chi connectivity index (χ0n) is 17.7. The summed E-state index contributed by atoms with van der Waals surface area (Å²) in [6.45, 7) is 1.91. The summed E-state index contributed by atoms with van der Waals surface area (Å²) in [6.07, 6.45) is -1.28. The molecular weight excluding hydrogens is 472 g/mol. The third kappa shape index (κ3) is 5.20. The zero-order valence-corrected chi connectivity index (χ0v) is 18.5. The number of nitrogens with one attached hydrogen (secondary N) is 1. The zero-order chi connectivity index (χ0) is 24.2. The Morgan fingerprint density at radius 1 is 1.15 bits per heavy atom. The van der Waals surface area contributed by atoms with E-state index < -0.39 is 34.0 Å². The van der Waals surface area contributed by atoms with E-state index in [1.54, 1.807) is 16.2 Å². The van der Waals surface area contributed by atoms with Crippen molar-refractivity contribution in [1.29, 1.82) is 0 Å². The fourth-order valence-corrected chi connectivity index (χ4v) is 4.47. The molecule has 1 saturated heterocycles. The molecule has 34 heavy (non-hydrogen) atoms. The first-order valence-electron chi connectivity index (χ1n) is 10.3. The number of anilines is 2. The summed E-state index contributed by atoms with van der Waals surface area (Å²) in [7, 11) is 0. The Labute approximate surface area is 195 Å². The summed E-state index contributed by atoms with van der Waals surface area (Å²) in [4.78, 5) is 42.3. The Bertz CT molecular complexity index is 1190. The summed E-state index contributed by atoms with van der Waals surface area (Å²) in [5.74, 6) is -2.85. The van der Waals surface area contributed by atoms with Crippen LogP contribution in [0, 0.1) is 21.7 Å². The number of nitrogens with zero attached hydrogens (tertiary/aromatic N) is 4. The average Bonchev–Trinajstić information content (AvgIpc) is 3.25. The number of hydrogen-bond acceptors (Lipinski definition) is 8. The van der Waals surface area contributed by atoms with E-state index in [4.69, 9.17) is 4.74 Å². The summed E-state index contributed by atoms with van der Waals surface area (Å²) >= 11 is 1.60. The number of benzene rings is 2. The largest absolute Gasteiger partial charge is 0.449 e. The summed E-state index contributed by atoms with van der Waals surface area (Å²) in [5.41, 5.74) is -0.722. The first-order valence-corrected chi connectivity index (χ1v) is 11.1. The number of nitro benzene ring substituents is 1. The van der Waals surface area contributed by atoms with Crippen molar-refractivity contribution in [3.8, 4) is 0 Å². The highest BCUT2D eigenvalue weighted by molar-refractivity contribution is 7.22. The van der Waals surface area contributed by atoms with Crippen molar-refractivity contribution in [1.82, 2.24) is 9.88 Å². The molecule has 0 spiro atoms. The van der Waals surface area contributed by atoms with E-state index in [2.05, 4.69) is 9.88 Å². The minimum Gasteiger partial charge on any atom is -0.449 e. The van der Waals surface area contributed by atoms with Crippen LogP contribution in [0.1, 0.15) is 6.42 Å². The van der Waals surface area contributed by atoms with Crippen molar-refractivity contribution in [2.24, 2.45) is 0 Å². The van der Waals surface area contributed by atoms with Crippen molar-refractivity contribution in [3.63, 3.8) is 0 Å². The maximum absolute atomic E-state index is 13.9. The number of ether oxygens (including phenoxy) is 1. The number of rotatable bonds is 6. The molecule has 1 aliphatic heterocycles. The molecule has 1 aliphatic rings. The molecule has 0 radical (unpaired) electrons. The Morgan fingerprint density at radius 2 is 1.82 bits per heavy atom. The molecule has 0 saturated carbocycles. The highest BCUT2D eigenvalue weighted by atomic mass is 32.1. The fourth-order valence-electron chi connectivity index (χ4n) is 3.45. The third-order valence-corrected chi connectivity index (χ3v) is 6.30. The van der Waals surface area contributed by atoms with E-state index in [0.29, 0.717) is 38.3 Å². The van der Waals surface area contributed by atoms with Crippen LogP contribution in [0.5, 0.6) is 0 Å². The molecule has 1 aromatic heterocycles. The van der Waals surface area contributed by atoms with Gasteiger partial charge in [-0.15, -0.1) is 0 Å². The van der Waals surface area contributed by atoms with Crippen molar-refractivity contribution < 1.29 is 28.0 Å². The molecule has 3 aromatic rings. The van der Waals surface area contributed by atoms with Crippen LogP contribution in [0.4, 0.5) is 30.1 Å². The first kappa shape index (κ1) is 23.3. The number of para-hydroxylation sites is 1. The van der Waals surface area contributed by atoms with Gasteiger partial charge in [-0.25, -0.2) is 18.6 Å². The molecule has 178 valence electrons. The first-order chi connectivity index (χ1) is 16.3. The van der Waals surface area contributed by atoms with Crippen molar-refractivity contribution in [2.45, 2.75) is 6.42 Å². The second kappa shape index (κ2) is 9.95. The second-order valence-electron chi connectivity index (χ2n) is 7.38. The molecule has 2 amide bonds. The van der Waals surface area contributed by atoms with Gasteiger partial charge in [0.25, 0.3) is 5.69 Å². The van der Waals surface area contributed by atoms with E-state index in [9.17, 15) is 28.5 Å². The number of piperazine rings is 1. The molecule has 0 aliphatic carbocycles. The van der Waals surface area contributed by atoms with E-state index in [0.717, 1.165) is 15.3 Å². The van der Waals surface area contributed by atoms with E-state index in [1.807, 2.05) is 29.6 Å². The normalized spacial score (nSPS) is 13.7. The van der Waals surface area contributed by atoms with Crippen molar-refractivity contribution in [2.75, 3.05) is 43.0 Å². The van der Waals surface area contributed by atoms with Gasteiger partial charge in [-0.05, 0) is 12.1 Å². The van der Waals surface area contributed by atoms with Gasteiger partial charge in [-0.1, -0.05) is 23.5 Å². The van der Waals surface area contributed by atoms with Gasteiger partial charge in [0.1, 0.15) is 12.3 Å². The Balaban J connectivity index is 1.22. The predicted octanol–water partition coefficient (Wildman–Crippen LogP) is 3.77. The maximum atomic E-state index is 13.9. The van der Waals surface area contributed by atoms with E-state index in [1.165, 1.54) is 0 Å². The Morgan fingerprint density at radius 3 is 2.47 bits per heavy atom. The smallest absolute Gasteiger partial charge is 0.411 e. The van der Waals surface area contributed by atoms with Crippen LogP contribution in [0.15, 0.2) is 36.4 Å². The van der Waals surface area contributed by atoms with Gasteiger partial charge in [0, 0.05) is 26.2 Å². The van der Waals surface area contributed by atoms with Crippen LogP contribution in [-0.2, 0) is 9.53 Å². The SMILES string of the molecule is O=C(Nc1c(F)cc([N+](=O)[O-])cc1F)OCCC(=O)N1CCN(c2nc3ccccc3s2)CC1. The van der Waals surface area contributed by atoms with Gasteiger partial charge < -0.3 is 14.5 Å². The molecule has 2 aromatic carbocycles. The summed E-state index contributed by atoms with van der Waals surface area (Å²) < 4.78 is 33.6. The third-order valence-electron chi connectivity index (χ3n) is 5.20. The Hall–Kier alpha value is -3.87. The number of carbonyl (C=O) groups excluding carboxylic acids is 2. The number of non-ortho nitro benzene ring substituents is 1. The summed E-state index contributed by atoms with van der Waals surface area (Å²) in [6, 6.07) is 8.82. The molecule has 0 unspecified atom stereocenters. The number of thiazole rings is 1. The van der Waals surface area contributed by atoms with Gasteiger partial charge >= 0.3 is 6.09 Å². The minimum absolute atomic E-state index is 0.0974. The van der Waals surface area contributed by atoms with Crippen molar-refractivity contribution in [3.05, 3.63) is 58.1 Å². The van der Waals surface area contributed by atoms with Crippen molar-refractivity contribution >= 4 is 50.1 Å². The lowest BCUT2D eigenvalue weighted by Crippen LogP contribution is -2.49. The lowest BCUT2D eigenvalue weighted by molar-refractivity contribution is -0.385. The highest BCUT2D eigenvalue weighted by Gasteiger charge is 2.24. The number of nitro groups is 1. The van der Waals surface area contributed by atoms with E-state index >= 15 is 0 Å². The lowest BCUT2D eigenvalue weighted by atomic mass is 10.2. The topological polar surface area (TPSA) is 118 Å². The molecule has 13 heteroatoms. The summed E-state index contributed by atoms with van der Waals surface area (Å²) in [5, 5.41) is 13.4. The van der Waals surface area contributed by atoms with Crippen LogP contribution >= 0.6 is 11.3 Å². The molecule has 1 fully saturated rings. The van der Waals surface area contributed by atoms with Crippen LogP contribution < -0.4 is 10.2 Å². The van der Waals surface area contributed by atoms with Gasteiger partial charge in [-0.3, -0.25) is 20.2 Å². The second-order valence-corrected chi connectivity index (χ2v) is 8.39. The van der Waals surface area contributed by atoms with Crippen LogP contribution in [-0.4, -0.2) is 59.6 Å². The number of carbonyl (C=O) groups is 2. The number of halogens is 2. The van der Waals surface area contributed by atoms with Gasteiger partial charge in [-0.2, -0.15) is 0 Å². The molecule has 1 N–H and O–H groups in total. The number of fused-ring (bicyclic) bond motifs is 1. The monoisotopic (exact) mass is 491 g/mol. The highest BCUT2D eigenvalue weighted by Crippen LogP contribution is 2.29. The van der Waals surface area contributed by atoms with Gasteiger partial charge in [0.15, 0.2) is 16.8 Å². The quantitative estimate of drug-likeness (QED) is 0.412. The number of amides is 2. The van der Waals surface area contributed by atoms with Gasteiger partial charge in [0.2, 0.25) is 5.91 Å². The van der Waals surface area contributed by atoms with E-state index in [-0.39, 0.29) is 18.9 Å². The molecule has 0 bridgehead atoms.